The fourth-order valence-corrected chi connectivity index (χ4v) is 2.48. The van der Waals surface area contributed by atoms with Crippen molar-refractivity contribution < 1.29 is 17.9 Å². The van der Waals surface area contributed by atoms with E-state index in [1.165, 1.54) is 11.9 Å². The van der Waals surface area contributed by atoms with Crippen LogP contribution in [0.4, 0.5) is 13.2 Å². The molecule has 0 atom stereocenters. The second kappa shape index (κ2) is 12.2. The first-order valence-electron chi connectivity index (χ1n) is 8.05. The Kier molecular flexibility index (Phi) is 11.6. The first kappa shape index (κ1) is 24.8. The molecular formula is C17H28F3IN4O. The van der Waals surface area contributed by atoms with Gasteiger partial charge in [-0.25, -0.2) is 0 Å². The molecule has 0 unspecified atom stereocenters. The zero-order valence-electron chi connectivity index (χ0n) is 15.6. The summed E-state index contributed by atoms with van der Waals surface area (Å²) in [6, 6.07) is 7.73. The van der Waals surface area contributed by atoms with Crippen LogP contribution in [-0.4, -0.2) is 69.8 Å². The van der Waals surface area contributed by atoms with Crippen molar-refractivity contribution in [3.8, 4) is 5.75 Å². The van der Waals surface area contributed by atoms with Gasteiger partial charge in [-0.2, -0.15) is 13.2 Å². The minimum Gasteiger partial charge on any atom is -0.496 e. The van der Waals surface area contributed by atoms with E-state index in [9.17, 15) is 13.2 Å². The monoisotopic (exact) mass is 488 g/mol. The number of rotatable bonds is 8. The van der Waals surface area contributed by atoms with E-state index in [2.05, 4.69) is 10.3 Å². The number of nitrogens with zero attached hydrogens (tertiary/aromatic N) is 3. The molecular weight excluding hydrogens is 460 g/mol. The van der Waals surface area contributed by atoms with Crippen molar-refractivity contribution in [2.45, 2.75) is 19.1 Å². The molecule has 0 saturated heterocycles. The van der Waals surface area contributed by atoms with Crippen LogP contribution in [0.5, 0.6) is 5.75 Å². The zero-order valence-corrected chi connectivity index (χ0v) is 18.0. The highest BCUT2D eigenvalue weighted by atomic mass is 127. The molecule has 0 fully saturated rings. The fraction of sp³-hybridized carbons (Fsp3) is 0.588. The third kappa shape index (κ3) is 9.46. The molecule has 0 saturated carbocycles. The number of methoxy groups -OCH3 is 1. The molecule has 1 aromatic carbocycles. The highest BCUT2D eigenvalue weighted by molar-refractivity contribution is 14.0. The van der Waals surface area contributed by atoms with E-state index in [0.717, 1.165) is 11.3 Å². The molecule has 0 heterocycles. The zero-order chi connectivity index (χ0) is 18.9. The number of hydrogen-bond acceptors (Lipinski definition) is 3. The number of para-hydroxylation sites is 1. The third-order valence-electron chi connectivity index (χ3n) is 3.62. The number of guanidine groups is 1. The molecule has 0 amide bonds. The molecule has 0 spiro atoms. The summed E-state index contributed by atoms with van der Waals surface area (Å²) in [5.41, 5.74) is 1.03. The molecule has 0 aliphatic carbocycles. The van der Waals surface area contributed by atoms with Gasteiger partial charge in [-0.1, -0.05) is 18.2 Å². The SMILES string of the molecule is CN=C(NCCCN(C)CC(F)(F)F)N(C)Cc1ccccc1OC.I. The normalized spacial score (nSPS) is 11.9. The Hall–Kier alpha value is -1.23. The quantitative estimate of drug-likeness (QED) is 0.264. The number of benzene rings is 1. The summed E-state index contributed by atoms with van der Waals surface area (Å²) in [5.74, 6) is 1.49. The number of aliphatic imine (C=N–C) groups is 1. The Balaban J connectivity index is 0.00000625. The van der Waals surface area contributed by atoms with Gasteiger partial charge < -0.3 is 15.0 Å². The molecule has 5 nitrogen and oxygen atoms in total. The van der Waals surface area contributed by atoms with Gasteiger partial charge in [0.1, 0.15) is 5.75 Å². The predicted molar refractivity (Wildman–Crippen MR) is 109 cm³/mol. The van der Waals surface area contributed by atoms with Crippen LogP contribution in [0.15, 0.2) is 29.3 Å². The standard InChI is InChI=1S/C17H27F3N4O.HI/c1-21-16(22-10-7-11-23(2)13-17(18,19)20)24(3)12-14-8-5-6-9-15(14)25-4;/h5-6,8-9H,7,10-13H2,1-4H3,(H,21,22);1H. The van der Waals surface area contributed by atoms with Crippen molar-refractivity contribution in [2.75, 3.05) is 47.9 Å². The Morgan fingerprint density at radius 1 is 1.23 bits per heavy atom. The van der Waals surface area contributed by atoms with Crippen LogP contribution in [0.3, 0.4) is 0 Å². The van der Waals surface area contributed by atoms with Crippen LogP contribution in [0.2, 0.25) is 0 Å². The minimum absolute atomic E-state index is 0. The van der Waals surface area contributed by atoms with Crippen molar-refractivity contribution in [2.24, 2.45) is 4.99 Å². The van der Waals surface area contributed by atoms with E-state index in [-0.39, 0.29) is 24.0 Å². The van der Waals surface area contributed by atoms with E-state index in [1.54, 1.807) is 14.2 Å². The smallest absolute Gasteiger partial charge is 0.401 e. The molecule has 0 radical (unpaired) electrons. The molecule has 0 aliphatic rings. The van der Waals surface area contributed by atoms with Crippen LogP contribution in [0, 0.1) is 0 Å². The Labute approximate surface area is 170 Å². The van der Waals surface area contributed by atoms with Crippen LogP contribution in [-0.2, 0) is 6.54 Å². The van der Waals surface area contributed by atoms with Crippen LogP contribution in [0.1, 0.15) is 12.0 Å². The summed E-state index contributed by atoms with van der Waals surface area (Å²) in [5, 5.41) is 3.17. The summed E-state index contributed by atoms with van der Waals surface area (Å²) >= 11 is 0. The van der Waals surface area contributed by atoms with E-state index in [1.807, 2.05) is 36.2 Å². The summed E-state index contributed by atoms with van der Waals surface area (Å²) in [7, 11) is 6.67. The first-order valence-corrected chi connectivity index (χ1v) is 8.05. The lowest BCUT2D eigenvalue weighted by Crippen LogP contribution is -2.40. The molecule has 1 N–H and O–H groups in total. The number of ether oxygens (including phenoxy) is 1. The Morgan fingerprint density at radius 3 is 2.46 bits per heavy atom. The van der Waals surface area contributed by atoms with E-state index < -0.39 is 12.7 Å². The Bertz CT molecular complexity index is 555. The topological polar surface area (TPSA) is 40.1 Å². The molecule has 0 aliphatic heterocycles. The molecule has 1 aromatic rings. The first-order chi connectivity index (χ1) is 11.8. The molecule has 26 heavy (non-hydrogen) atoms. The van der Waals surface area contributed by atoms with Crippen LogP contribution >= 0.6 is 24.0 Å². The van der Waals surface area contributed by atoms with Gasteiger partial charge in [0.15, 0.2) is 5.96 Å². The van der Waals surface area contributed by atoms with Gasteiger partial charge in [0.25, 0.3) is 0 Å². The van der Waals surface area contributed by atoms with Crippen molar-refractivity contribution in [3.05, 3.63) is 29.8 Å². The average molecular weight is 488 g/mol. The van der Waals surface area contributed by atoms with Gasteiger partial charge >= 0.3 is 6.18 Å². The lowest BCUT2D eigenvalue weighted by Gasteiger charge is -2.24. The second-order valence-corrected chi connectivity index (χ2v) is 5.85. The highest BCUT2D eigenvalue weighted by Crippen LogP contribution is 2.18. The number of alkyl halides is 3. The molecule has 150 valence electrons. The number of halogens is 4. The summed E-state index contributed by atoms with van der Waals surface area (Å²) in [6.07, 6.45) is -3.57. The molecule has 0 aromatic heterocycles. The molecule has 9 heteroatoms. The third-order valence-corrected chi connectivity index (χ3v) is 3.62. The van der Waals surface area contributed by atoms with E-state index in [4.69, 9.17) is 4.74 Å². The minimum atomic E-state index is -4.16. The summed E-state index contributed by atoms with van der Waals surface area (Å²) < 4.78 is 42.2. The van der Waals surface area contributed by atoms with Gasteiger partial charge in [-0.3, -0.25) is 9.89 Å². The Morgan fingerprint density at radius 2 is 1.88 bits per heavy atom. The van der Waals surface area contributed by atoms with Crippen molar-refractivity contribution in [1.29, 1.82) is 0 Å². The van der Waals surface area contributed by atoms with Gasteiger partial charge in [-0.15, -0.1) is 24.0 Å². The van der Waals surface area contributed by atoms with E-state index >= 15 is 0 Å². The van der Waals surface area contributed by atoms with Gasteiger partial charge in [0.2, 0.25) is 0 Å². The fourth-order valence-electron chi connectivity index (χ4n) is 2.48. The summed E-state index contributed by atoms with van der Waals surface area (Å²) in [4.78, 5) is 7.42. The molecule has 1 rings (SSSR count). The average Bonchev–Trinajstić information content (AvgIpc) is 2.53. The van der Waals surface area contributed by atoms with Gasteiger partial charge in [-0.05, 0) is 26.1 Å². The number of hydrogen-bond donors (Lipinski definition) is 1. The maximum atomic E-state index is 12.3. The van der Waals surface area contributed by atoms with Crippen molar-refractivity contribution >= 4 is 29.9 Å². The largest absolute Gasteiger partial charge is 0.496 e. The van der Waals surface area contributed by atoms with Crippen LogP contribution < -0.4 is 10.1 Å². The van der Waals surface area contributed by atoms with Gasteiger partial charge in [0.05, 0.1) is 13.7 Å². The highest BCUT2D eigenvalue weighted by Gasteiger charge is 2.28. The summed E-state index contributed by atoms with van der Waals surface area (Å²) in [6.45, 7) is 0.623. The number of nitrogens with one attached hydrogen (secondary N) is 1. The lowest BCUT2D eigenvalue weighted by molar-refractivity contribution is -0.143. The lowest BCUT2D eigenvalue weighted by atomic mass is 10.2. The molecule has 0 bridgehead atoms. The van der Waals surface area contributed by atoms with Crippen molar-refractivity contribution in [1.82, 2.24) is 15.1 Å². The van der Waals surface area contributed by atoms with Crippen LogP contribution in [0.25, 0.3) is 0 Å². The van der Waals surface area contributed by atoms with Gasteiger partial charge in [0, 0.05) is 32.7 Å². The second-order valence-electron chi connectivity index (χ2n) is 5.85. The maximum Gasteiger partial charge on any atom is 0.401 e. The predicted octanol–water partition coefficient (Wildman–Crippen LogP) is 3.20. The van der Waals surface area contributed by atoms with E-state index in [0.29, 0.717) is 32.0 Å². The van der Waals surface area contributed by atoms with Crippen molar-refractivity contribution in [3.63, 3.8) is 0 Å². The maximum absolute atomic E-state index is 12.3.